The number of allylic oxidation sites excluding steroid dienone is 16. The topological polar surface area (TPSA) is 237 Å². The monoisotopic (exact) mass is 1390 g/mol. The minimum atomic E-state index is -4.98. The molecule has 554 valence electrons. The van der Waals surface area contributed by atoms with Gasteiger partial charge in [0.1, 0.15) is 19.3 Å². The Morgan fingerprint density at radius 2 is 0.552 bits per heavy atom. The molecule has 0 fully saturated rings. The van der Waals surface area contributed by atoms with E-state index in [0.717, 1.165) is 161 Å². The number of carbonyl (C=O) groups is 4. The van der Waals surface area contributed by atoms with Crippen LogP contribution in [0.3, 0.4) is 0 Å². The van der Waals surface area contributed by atoms with Crippen LogP contribution < -0.4 is 0 Å². The summed E-state index contributed by atoms with van der Waals surface area (Å²) in [5.74, 6) is -2.24. The van der Waals surface area contributed by atoms with Crippen molar-refractivity contribution in [1.82, 2.24) is 0 Å². The van der Waals surface area contributed by atoms with Crippen LogP contribution >= 0.6 is 15.6 Å². The summed E-state index contributed by atoms with van der Waals surface area (Å²) in [6.45, 7) is 4.62. The predicted octanol–water partition coefficient (Wildman–Crippen LogP) is 21.2. The number of aliphatic hydroxyl groups excluding tert-OH is 1. The lowest BCUT2D eigenvalue weighted by Gasteiger charge is -2.21. The van der Waals surface area contributed by atoms with Crippen molar-refractivity contribution in [3.63, 3.8) is 0 Å². The standard InChI is InChI=1S/C77H134O17P2/c1-5-9-13-17-21-25-29-31-33-34-35-36-38-40-44-46-50-54-58-62-75(80)88-68-73(94-77(82)64-60-56-52-48-42-28-24-20-16-12-8-4)70-92-96(85,86)90-66-71(78)65-89-95(83,84)91-69-72(93-76(81)63-59-55-51-47-41-27-23-19-15-11-7-3)67-87-74(79)61-57-53-49-45-43-39-37-32-30-26-22-18-14-10-6-2/h10,14,20-22,24-26,31-33,35-37,43,45,71-73,78H,5-9,11-13,15-19,23,27-30,34,38-42,44,46-70H2,1-4H3,(H,83,84)(H,85,86)/b14-10-,24-20-,25-21-,26-22-,33-31-,36-35-,37-32-,45-43-. The molecule has 0 aliphatic rings. The number of hydrogen-bond donors (Lipinski definition) is 3. The van der Waals surface area contributed by atoms with Crippen molar-refractivity contribution in [2.45, 2.75) is 329 Å². The summed E-state index contributed by atoms with van der Waals surface area (Å²) < 4.78 is 68.3. The molecule has 0 bridgehead atoms. The first-order valence-corrected chi connectivity index (χ1v) is 40.5. The Bertz CT molecular complexity index is 2200. The Labute approximate surface area is 582 Å². The van der Waals surface area contributed by atoms with Crippen LogP contribution in [0.4, 0.5) is 0 Å². The second-order valence-electron chi connectivity index (χ2n) is 24.9. The van der Waals surface area contributed by atoms with Crippen molar-refractivity contribution >= 4 is 39.5 Å². The molecule has 5 unspecified atom stereocenters. The van der Waals surface area contributed by atoms with Gasteiger partial charge in [-0.25, -0.2) is 9.13 Å². The van der Waals surface area contributed by atoms with E-state index in [1.165, 1.54) is 70.6 Å². The molecule has 96 heavy (non-hydrogen) atoms. The van der Waals surface area contributed by atoms with Crippen molar-refractivity contribution < 1.29 is 80.2 Å². The van der Waals surface area contributed by atoms with Crippen molar-refractivity contribution in [1.29, 1.82) is 0 Å². The minimum Gasteiger partial charge on any atom is -0.462 e. The molecule has 19 heteroatoms. The van der Waals surface area contributed by atoms with Gasteiger partial charge in [-0.1, -0.05) is 260 Å². The van der Waals surface area contributed by atoms with Gasteiger partial charge in [-0.3, -0.25) is 37.3 Å². The molecule has 0 aromatic rings. The quantitative estimate of drug-likeness (QED) is 0.0169. The van der Waals surface area contributed by atoms with Gasteiger partial charge in [0, 0.05) is 25.7 Å². The maximum Gasteiger partial charge on any atom is 0.472 e. The van der Waals surface area contributed by atoms with Crippen LogP contribution in [-0.4, -0.2) is 96.7 Å². The number of phosphoric ester groups is 2. The third kappa shape index (κ3) is 68.5. The van der Waals surface area contributed by atoms with E-state index >= 15 is 0 Å². The molecule has 0 aliphatic carbocycles. The average molecular weight is 1390 g/mol. The molecule has 0 aromatic heterocycles. The van der Waals surface area contributed by atoms with Crippen LogP contribution in [0.2, 0.25) is 0 Å². The average Bonchev–Trinajstić information content (AvgIpc) is 1.56. The maximum atomic E-state index is 13.0. The SMILES string of the molecule is CC/C=C\C/C=C\C/C=C\C/C=C\CCCCC(=O)OCC(COP(=O)(O)OCC(O)COP(=O)(O)OCC(COC(=O)CCCCCCCC/C=C\C/C=C\C/C=C\CCCCC)OC(=O)CCCCCCC/C=C\CCCC)OC(=O)CCCCCCCCCCCCC. The summed E-state index contributed by atoms with van der Waals surface area (Å²) in [6.07, 6.45) is 71.3. The first kappa shape index (κ1) is 92.0. The number of hydrogen-bond acceptors (Lipinski definition) is 15. The Balaban J connectivity index is 5.31. The normalized spacial score (nSPS) is 14.5. The van der Waals surface area contributed by atoms with Gasteiger partial charge in [-0.15, -0.1) is 0 Å². The Morgan fingerprint density at radius 3 is 0.917 bits per heavy atom. The lowest BCUT2D eigenvalue weighted by atomic mass is 10.1. The molecule has 0 saturated carbocycles. The van der Waals surface area contributed by atoms with Crippen LogP contribution in [0, 0.1) is 0 Å². The van der Waals surface area contributed by atoms with E-state index in [4.69, 9.17) is 37.0 Å². The van der Waals surface area contributed by atoms with Crippen LogP contribution in [0.15, 0.2) is 97.2 Å². The van der Waals surface area contributed by atoms with Crippen molar-refractivity contribution in [3.8, 4) is 0 Å². The highest BCUT2D eigenvalue weighted by atomic mass is 31.2. The summed E-state index contributed by atoms with van der Waals surface area (Å²) in [6, 6.07) is 0. The van der Waals surface area contributed by atoms with E-state index in [1.54, 1.807) is 0 Å². The molecular weight excluding hydrogens is 1260 g/mol. The molecule has 0 radical (unpaired) electrons. The second-order valence-corrected chi connectivity index (χ2v) is 27.8. The number of unbranched alkanes of at least 4 members (excludes halogenated alkanes) is 28. The smallest absolute Gasteiger partial charge is 0.462 e. The lowest BCUT2D eigenvalue weighted by molar-refractivity contribution is -0.161. The molecule has 0 rings (SSSR count). The van der Waals surface area contributed by atoms with Gasteiger partial charge in [0.05, 0.1) is 26.4 Å². The van der Waals surface area contributed by atoms with Gasteiger partial charge >= 0.3 is 39.5 Å². The maximum absolute atomic E-state index is 13.0. The molecule has 0 heterocycles. The summed E-state index contributed by atoms with van der Waals surface area (Å²) in [5, 5.41) is 10.6. The number of aliphatic hydroxyl groups is 1. The number of rotatable bonds is 70. The third-order valence-electron chi connectivity index (χ3n) is 15.5. The Kier molecular flexibility index (Phi) is 66.6. The summed E-state index contributed by atoms with van der Waals surface area (Å²) in [5.41, 5.74) is 0. The molecule has 0 spiro atoms. The van der Waals surface area contributed by atoms with Gasteiger partial charge in [-0.05, 0) is 122 Å². The van der Waals surface area contributed by atoms with Crippen LogP contribution in [-0.2, 0) is 65.4 Å². The van der Waals surface area contributed by atoms with E-state index in [9.17, 15) is 43.2 Å². The van der Waals surface area contributed by atoms with Crippen molar-refractivity contribution in [2.75, 3.05) is 39.6 Å². The van der Waals surface area contributed by atoms with Crippen LogP contribution in [0.5, 0.6) is 0 Å². The zero-order valence-electron chi connectivity index (χ0n) is 60.3. The molecular formula is C77H134O17P2. The van der Waals surface area contributed by atoms with E-state index in [2.05, 4.69) is 125 Å². The molecule has 0 aliphatic heterocycles. The van der Waals surface area contributed by atoms with Crippen LogP contribution in [0.25, 0.3) is 0 Å². The van der Waals surface area contributed by atoms with Gasteiger partial charge in [0.2, 0.25) is 0 Å². The fourth-order valence-electron chi connectivity index (χ4n) is 9.79. The largest absolute Gasteiger partial charge is 0.472 e. The summed E-state index contributed by atoms with van der Waals surface area (Å²) in [7, 11) is -9.95. The molecule has 0 amide bonds. The zero-order chi connectivity index (χ0) is 70.4. The van der Waals surface area contributed by atoms with Gasteiger partial charge in [0.15, 0.2) is 12.2 Å². The fraction of sp³-hybridized carbons (Fsp3) is 0.740. The highest BCUT2D eigenvalue weighted by Crippen LogP contribution is 2.45. The number of phosphoric acid groups is 2. The molecule has 3 N–H and O–H groups in total. The Morgan fingerprint density at radius 1 is 0.302 bits per heavy atom. The number of esters is 4. The van der Waals surface area contributed by atoms with Crippen molar-refractivity contribution in [2.24, 2.45) is 0 Å². The molecule has 5 atom stereocenters. The fourth-order valence-corrected chi connectivity index (χ4v) is 11.4. The predicted molar refractivity (Wildman–Crippen MR) is 390 cm³/mol. The highest BCUT2D eigenvalue weighted by Gasteiger charge is 2.30. The number of carbonyl (C=O) groups excluding carboxylic acids is 4. The molecule has 0 saturated heterocycles. The van der Waals surface area contributed by atoms with Crippen LogP contribution in [0.1, 0.15) is 310 Å². The van der Waals surface area contributed by atoms with E-state index < -0.39 is 97.5 Å². The summed E-state index contributed by atoms with van der Waals surface area (Å²) in [4.78, 5) is 72.7. The molecule has 17 nitrogen and oxygen atoms in total. The zero-order valence-corrected chi connectivity index (χ0v) is 62.1. The lowest BCUT2D eigenvalue weighted by Crippen LogP contribution is -2.30. The van der Waals surface area contributed by atoms with E-state index in [1.807, 2.05) is 0 Å². The highest BCUT2D eigenvalue weighted by molar-refractivity contribution is 7.47. The van der Waals surface area contributed by atoms with Gasteiger partial charge in [-0.2, -0.15) is 0 Å². The van der Waals surface area contributed by atoms with E-state index in [0.29, 0.717) is 25.7 Å². The summed E-state index contributed by atoms with van der Waals surface area (Å²) >= 11 is 0. The van der Waals surface area contributed by atoms with E-state index in [-0.39, 0.29) is 25.7 Å². The second kappa shape index (κ2) is 69.5. The molecule has 0 aromatic carbocycles. The number of ether oxygens (including phenoxy) is 4. The first-order valence-electron chi connectivity index (χ1n) is 37.5. The third-order valence-corrected chi connectivity index (χ3v) is 17.4. The minimum absolute atomic E-state index is 0.0810. The van der Waals surface area contributed by atoms with Gasteiger partial charge < -0.3 is 33.8 Å². The Hall–Kier alpha value is -4.02. The first-order chi connectivity index (χ1) is 46.7. The van der Waals surface area contributed by atoms with Crippen molar-refractivity contribution in [3.05, 3.63) is 97.2 Å². The van der Waals surface area contributed by atoms with Gasteiger partial charge in [0.25, 0.3) is 0 Å².